The molecule has 6 nitrogen and oxygen atoms in total. The van der Waals surface area contributed by atoms with Crippen LogP contribution in [0.15, 0.2) is 0 Å². The van der Waals surface area contributed by atoms with E-state index in [1.54, 1.807) is 20.8 Å². The Labute approximate surface area is 108 Å². The highest BCUT2D eigenvalue weighted by atomic mass is 32.2. The summed E-state index contributed by atoms with van der Waals surface area (Å²) in [6.45, 7) is 5.06. The zero-order valence-electron chi connectivity index (χ0n) is 10.6. The van der Waals surface area contributed by atoms with Gasteiger partial charge in [-0.3, -0.25) is 8.37 Å². The zero-order valence-corrected chi connectivity index (χ0v) is 12.2. The SMILES string of the molecule is CC1OS(=O)(=O)C(C)C1CC1COS(=O)(=O)C1C. The maximum Gasteiger partial charge on any atom is 0.270 e. The van der Waals surface area contributed by atoms with Crippen LogP contribution in [0.1, 0.15) is 27.2 Å². The number of hydrogen-bond acceptors (Lipinski definition) is 6. The molecule has 0 N–H and O–H groups in total. The van der Waals surface area contributed by atoms with Gasteiger partial charge in [-0.25, -0.2) is 0 Å². The first-order valence-corrected chi connectivity index (χ1v) is 8.90. The van der Waals surface area contributed by atoms with Crippen LogP contribution in [0.25, 0.3) is 0 Å². The average molecular weight is 298 g/mol. The molecule has 0 radical (unpaired) electrons. The fourth-order valence-electron chi connectivity index (χ4n) is 2.62. The lowest BCUT2D eigenvalue weighted by atomic mass is 9.87. The predicted octanol–water partition coefficient (Wildman–Crippen LogP) is 0.494. The molecule has 0 aromatic heterocycles. The van der Waals surface area contributed by atoms with Gasteiger partial charge in [0.25, 0.3) is 20.2 Å². The molecule has 0 aromatic rings. The van der Waals surface area contributed by atoms with Crippen molar-refractivity contribution in [2.24, 2.45) is 11.8 Å². The number of hydrogen-bond donors (Lipinski definition) is 0. The minimum Gasteiger partial charge on any atom is -0.270 e. The molecule has 2 aliphatic rings. The van der Waals surface area contributed by atoms with Gasteiger partial charge in [0.05, 0.1) is 23.2 Å². The molecule has 0 bridgehead atoms. The van der Waals surface area contributed by atoms with Gasteiger partial charge in [-0.05, 0) is 27.2 Å². The largest absolute Gasteiger partial charge is 0.270 e. The molecular formula is C10H18O6S2. The zero-order chi connectivity index (χ0) is 13.7. The fourth-order valence-corrected chi connectivity index (χ4v) is 5.36. The summed E-state index contributed by atoms with van der Waals surface area (Å²) in [7, 11) is -6.97. The van der Waals surface area contributed by atoms with Crippen molar-refractivity contribution in [2.45, 2.75) is 43.8 Å². The van der Waals surface area contributed by atoms with E-state index in [4.69, 9.17) is 8.37 Å². The highest BCUT2D eigenvalue weighted by Gasteiger charge is 2.47. The summed E-state index contributed by atoms with van der Waals surface area (Å²) in [5, 5.41) is -1.18. The van der Waals surface area contributed by atoms with Gasteiger partial charge in [-0.2, -0.15) is 16.8 Å². The molecule has 8 heteroatoms. The molecular weight excluding hydrogens is 280 g/mol. The second-order valence-electron chi connectivity index (χ2n) is 5.14. The van der Waals surface area contributed by atoms with Gasteiger partial charge >= 0.3 is 0 Å². The first-order valence-electron chi connectivity index (χ1n) is 5.95. The van der Waals surface area contributed by atoms with Crippen molar-refractivity contribution in [3.63, 3.8) is 0 Å². The highest BCUT2D eigenvalue weighted by molar-refractivity contribution is 7.87. The van der Waals surface area contributed by atoms with Gasteiger partial charge in [-0.1, -0.05) is 0 Å². The maximum atomic E-state index is 11.6. The average Bonchev–Trinajstić information content (AvgIpc) is 2.59. The Balaban J connectivity index is 2.12. The predicted molar refractivity (Wildman–Crippen MR) is 64.9 cm³/mol. The van der Waals surface area contributed by atoms with E-state index in [2.05, 4.69) is 0 Å². The van der Waals surface area contributed by atoms with Crippen LogP contribution in [0, 0.1) is 11.8 Å². The molecule has 0 aliphatic carbocycles. The summed E-state index contributed by atoms with van der Waals surface area (Å²) in [4.78, 5) is 0. The lowest BCUT2D eigenvalue weighted by molar-refractivity contribution is 0.173. The van der Waals surface area contributed by atoms with E-state index in [0.717, 1.165) is 0 Å². The van der Waals surface area contributed by atoms with Gasteiger partial charge in [0.1, 0.15) is 0 Å². The maximum absolute atomic E-state index is 11.6. The van der Waals surface area contributed by atoms with Crippen LogP contribution >= 0.6 is 0 Å². The van der Waals surface area contributed by atoms with Crippen molar-refractivity contribution in [1.29, 1.82) is 0 Å². The van der Waals surface area contributed by atoms with Gasteiger partial charge < -0.3 is 0 Å². The quantitative estimate of drug-likeness (QED) is 0.690. The molecule has 0 spiro atoms. The Kier molecular flexibility index (Phi) is 3.50. The van der Waals surface area contributed by atoms with Gasteiger partial charge in [0.2, 0.25) is 0 Å². The number of rotatable bonds is 2. The molecule has 5 atom stereocenters. The molecule has 2 fully saturated rings. The van der Waals surface area contributed by atoms with Crippen LogP contribution in [-0.2, 0) is 28.6 Å². The van der Waals surface area contributed by atoms with Crippen molar-refractivity contribution in [3.8, 4) is 0 Å². The van der Waals surface area contributed by atoms with E-state index in [9.17, 15) is 16.8 Å². The molecule has 2 heterocycles. The van der Waals surface area contributed by atoms with Crippen molar-refractivity contribution in [3.05, 3.63) is 0 Å². The van der Waals surface area contributed by atoms with E-state index < -0.39 is 36.8 Å². The lowest BCUT2D eigenvalue weighted by Gasteiger charge is -2.20. The van der Waals surface area contributed by atoms with Crippen LogP contribution in [0.5, 0.6) is 0 Å². The standard InChI is InChI=1S/C10H18O6S2/c1-6-10(8(3)18(13,14)16-6)4-9-5-15-17(11,12)7(9)2/h6-10H,4-5H2,1-3H3. The molecule has 0 saturated carbocycles. The minimum atomic E-state index is -3.50. The van der Waals surface area contributed by atoms with Crippen molar-refractivity contribution < 1.29 is 25.2 Å². The monoisotopic (exact) mass is 298 g/mol. The Morgan fingerprint density at radius 2 is 1.61 bits per heavy atom. The topological polar surface area (TPSA) is 86.7 Å². The molecule has 2 saturated heterocycles. The van der Waals surface area contributed by atoms with Crippen molar-refractivity contribution in [1.82, 2.24) is 0 Å². The summed E-state index contributed by atoms with van der Waals surface area (Å²) in [5.74, 6) is -0.346. The Hall–Kier alpha value is -0.180. The van der Waals surface area contributed by atoms with Crippen LogP contribution in [-0.4, -0.2) is 40.0 Å². The molecule has 18 heavy (non-hydrogen) atoms. The molecule has 2 aliphatic heterocycles. The Morgan fingerprint density at radius 1 is 1.00 bits per heavy atom. The van der Waals surface area contributed by atoms with Gasteiger partial charge in [-0.15, -0.1) is 0 Å². The van der Waals surface area contributed by atoms with Crippen molar-refractivity contribution in [2.75, 3.05) is 6.61 Å². The van der Waals surface area contributed by atoms with E-state index in [0.29, 0.717) is 6.42 Å². The summed E-state index contributed by atoms with van der Waals surface area (Å²) >= 11 is 0. The first-order chi connectivity index (χ1) is 8.15. The van der Waals surface area contributed by atoms with Crippen LogP contribution < -0.4 is 0 Å². The summed E-state index contributed by atoms with van der Waals surface area (Å²) in [6.07, 6.45) is 0.0857. The van der Waals surface area contributed by atoms with Gasteiger partial charge in [0.15, 0.2) is 0 Å². The molecule has 0 aromatic carbocycles. The third kappa shape index (κ3) is 2.31. The second-order valence-corrected chi connectivity index (χ2v) is 9.03. The first kappa shape index (κ1) is 14.2. The van der Waals surface area contributed by atoms with E-state index in [1.807, 2.05) is 0 Å². The summed E-state index contributed by atoms with van der Waals surface area (Å²) < 4.78 is 55.8. The lowest BCUT2D eigenvalue weighted by Crippen LogP contribution is -2.28. The summed E-state index contributed by atoms with van der Waals surface area (Å²) in [5.41, 5.74) is 0. The molecule has 0 amide bonds. The van der Waals surface area contributed by atoms with Crippen LogP contribution in [0.4, 0.5) is 0 Å². The smallest absolute Gasteiger partial charge is 0.270 e. The normalized spacial score (nSPS) is 46.3. The van der Waals surface area contributed by atoms with Crippen LogP contribution in [0.2, 0.25) is 0 Å². The molecule has 106 valence electrons. The Bertz CT molecular complexity index is 523. The Morgan fingerprint density at radius 3 is 2.00 bits per heavy atom. The van der Waals surface area contributed by atoms with E-state index in [1.165, 1.54) is 0 Å². The van der Waals surface area contributed by atoms with Crippen molar-refractivity contribution >= 4 is 20.2 Å². The fraction of sp³-hybridized carbons (Fsp3) is 1.00. The van der Waals surface area contributed by atoms with Crippen LogP contribution in [0.3, 0.4) is 0 Å². The van der Waals surface area contributed by atoms with E-state index >= 15 is 0 Å². The van der Waals surface area contributed by atoms with Gasteiger partial charge in [0, 0.05) is 11.8 Å². The third-order valence-electron chi connectivity index (χ3n) is 4.09. The second kappa shape index (κ2) is 4.43. The summed E-state index contributed by atoms with van der Waals surface area (Å²) in [6, 6.07) is 0. The third-order valence-corrected chi connectivity index (χ3v) is 7.68. The molecule has 2 rings (SSSR count). The minimum absolute atomic E-state index is 0.138. The highest BCUT2D eigenvalue weighted by Crippen LogP contribution is 2.38. The molecule has 5 unspecified atom stereocenters. The van der Waals surface area contributed by atoms with E-state index in [-0.39, 0.29) is 18.4 Å².